The second kappa shape index (κ2) is 4.71. The molecule has 0 aromatic carbocycles. The van der Waals surface area contributed by atoms with Gasteiger partial charge in [-0.3, -0.25) is 0 Å². The van der Waals surface area contributed by atoms with Crippen molar-refractivity contribution in [2.45, 2.75) is 6.54 Å². The highest BCUT2D eigenvalue weighted by Crippen LogP contribution is 2.05. The first-order chi connectivity index (χ1) is 7.75. The summed E-state index contributed by atoms with van der Waals surface area (Å²) in [7, 11) is 0. The fourth-order valence-corrected chi connectivity index (χ4v) is 1.59. The first-order valence-electron chi connectivity index (χ1n) is 4.51. The van der Waals surface area contributed by atoms with Crippen molar-refractivity contribution in [3.05, 3.63) is 24.5 Å². The zero-order valence-electron chi connectivity index (χ0n) is 8.20. The van der Waals surface area contributed by atoms with Crippen LogP contribution in [0.1, 0.15) is 10.5 Å². The molecule has 2 N–H and O–H groups in total. The standard InChI is InChI=1S/C8H9N5O2S/c14-7(15)6-3-13(5-11-6)2-1-9-8-10-4-12-16-8/h3-5H,1-2H2,(H,14,15)(H,9,10,12). The van der Waals surface area contributed by atoms with Gasteiger partial charge in [0.1, 0.15) is 6.33 Å². The van der Waals surface area contributed by atoms with Gasteiger partial charge in [-0.15, -0.1) is 0 Å². The normalized spacial score (nSPS) is 10.2. The fraction of sp³-hybridized carbons (Fsp3) is 0.250. The summed E-state index contributed by atoms with van der Waals surface area (Å²) in [6, 6.07) is 0. The lowest BCUT2D eigenvalue weighted by atomic mass is 10.5. The molecule has 16 heavy (non-hydrogen) atoms. The highest BCUT2D eigenvalue weighted by atomic mass is 32.1. The summed E-state index contributed by atoms with van der Waals surface area (Å²) in [5.41, 5.74) is 0.0518. The van der Waals surface area contributed by atoms with Crippen LogP contribution in [0.5, 0.6) is 0 Å². The molecule has 2 aromatic rings. The summed E-state index contributed by atoms with van der Waals surface area (Å²) in [6.45, 7) is 1.27. The number of aromatic carboxylic acids is 1. The van der Waals surface area contributed by atoms with E-state index >= 15 is 0 Å². The number of carbonyl (C=O) groups is 1. The van der Waals surface area contributed by atoms with Crippen molar-refractivity contribution >= 4 is 22.6 Å². The maximum absolute atomic E-state index is 10.6. The minimum atomic E-state index is -1.02. The van der Waals surface area contributed by atoms with Crippen LogP contribution in [-0.4, -0.2) is 36.5 Å². The summed E-state index contributed by atoms with van der Waals surface area (Å²) >= 11 is 1.28. The Bertz CT molecular complexity index is 466. The summed E-state index contributed by atoms with van der Waals surface area (Å²) in [5.74, 6) is -1.02. The predicted molar refractivity (Wildman–Crippen MR) is 57.6 cm³/mol. The molecule has 2 rings (SSSR count). The van der Waals surface area contributed by atoms with Gasteiger partial charge < -0.3 is 15.0 Å². The first-order valence-corrected chi connectivity index (χ1v) is 5.28. The van der Waals surface area contributed by atoms with Gasteiger partial charge >= 0.3 is 5.97 Å². The van der Waals surface area contributed by atoms with E-state index in [1.807, 2.05) is 0 Å². The lowest BCUT2D eigenvalue weighted by Crippen LogP contribution is -2.09. The van der Waals surface area contributed by atoms with E-state index in [0.29, 0.717) is 13.1 Å². The molecule has 0 fully saturated rings. The molecule has 0 radical (unpaired) electrons. The lowest BCUT2D eigenvalue weighted by molar-refractivity contribution is 0.0691. The van der Waals surface area contributed by atoms with Crippen molar-refractivity contribution in [3.63, 3.8) is 0 Å². The third-order valence-corrected chi connectivity index (χ3v) is 2.48. The molecular weight excluding hydrogens is 230 g/mol. The van der Waals surface area contributed by atoms with E-state index in [0.717, 1.165) is 5.13 Å². The van der Waals surface area contributed by atoms with Gasteiger partial charge in [-0.2, -0.15) is 4.37 Å². The Labute approximate surface area is 94.9 Å². The highest BCUT2D eigenvalue weighted by molar-refractivity contribution is 7.09. The van der Waals surface area contributed by atoms with Gasteiger partial charge in [0, 0.05) is 30.8 Å². The van der Waals surface area contributed by atoms with Gasteiger partial charge in [0.25, 0.3) is 0 Å². The molecule has 0 aliphatic heterocycles. The zero-order valence-corrected chi connectivity index (χ0v) is 9.02. The molecular formula is C8H9N5O2S. The number of nitrogens with zero attached hydrogens (tertiary/aromatic N) is 4. The predicted octanol–water partition coefficient (Wildman–Crippen LogP) is 0.545. The van der Waals surface area contributed by atoms with Gasteiger partial charge in [-0.25, -0.2) is 14.8 Å². The van der Waals surface area contributed by atoms with E-state index in [1.165, 1.54) is 30.4 Å². The molecule has 2 heterocycles. The molecule has 8 heteroatoms. The molecule has 2 aromatic heterocycles. The highest BCUT2D eigenvalue weighted by Gasteiger charge is 2.05. The molecule has 0 atom stereocenters. The van der Waals surface area contributed by atoms with Crippen molar-refractivity contribution in [1.82, 2.24) is 18.9 Å². The molecule has 0 bridgehead atoms. The Balaban J connectivity index is 1.83. The number of carboxylic acid groups (broad SMARTS) is 1. The number of hydrogen-bond acceptors (Lipinski definition) is 6. The Kier molecular flexibility index (Phi) is 3.10. The van der Waals surface area contributed by atoms with Crippen LogP contribution in [0.3, 0.4) is 0 Å². The second-order valence-electron chi connectivity index (χ2n) is 2.98. The van der Waals surface area contributed by atoms with Crippen molar-refractivity contribution in [2.24, 2.45) is 0 Å². The topological polar surface area (TPSA) is 92.9 Å². The van der Waals surface area contributed by atoms with Gasteiger partial charge in [0.2, 0.25) is 5.13 Å². The molecule has 0 aliphatic rings. The average Bonchev–Trinajstić information content (AvgIpc) is 2.87. The van der Waals surface area contributed by atoms with Crippen LogP contribution in [0, 0.1) is 0 Å². The van der Waals surface area contributed by atoms with Crippen molar-refractivity contribution in [3.8, 4) is 0 Å². The fourth-order valence-electron chi connectivity index (χ4n) is 1.14. The van der Waals surface area contributed by atoms with E-state index in [2.05, 4.69) is 19.7 Å². The number of nitrogens with one attached hydrogen (secondary N) is 1. The van der Waals surface area contributed by atoms with Gasteiger partial charge in [-0.05, 0) is 0 Å². The molecule has 0 saturated heterocycles. The van der Waals surface area contributed by atoms with Crippen LogP contribution in [0.4, 0.5) is 5.13 Å². The number of anilines is 1. The second-order valence-corrected chi connectivity index (χ2v) is 3.76. The van der Waals surface area contributed by atoms with E-state index in [-0.39, 0.29) is 5.69 Å². The maximum Gasteiger partial charge on any atom is 0.356 e. The summed E-state index contributed by atoms with van der Waals surface area (Å²) < 4.78 is 5.55. The Morgan fingerprint density at radius 2 is 2.44 bits per heavy atom. The Morgan fingerprint density at radius 3 is 3.06 bits per heavy atom. The van der Waals surface area contributed by atoms with Gasteiger partial charge in [0.05, 0.1) is 6.33 Å². The largest absolute Gasteiger partial charge is 0.476 e. The molecule has 0 unspecified atom stereocenters. The molecule has 0 amide bonds. The van der Waals surface area contributed by atoms with E-state index in [9.17, 15) is 4.79 Å². The van der Waals surface area contributed by atoms with Crippen LogP contribution in [0.2, 0.25) is 0 Å². The van der Waals surface area contributed by atoms with Crippen molar-refractivity contribution in [1.29, 1.82) is 0 Å². The molecule has 0 saturated carbocycles. The van der Waals surface area contributed by atoms with E-state index in [4.69, 9.17) is 5.11 Å². The molecule has 0 aliphatic carbocycles. The smallest absolute Gasteiger partial charge is 0.356 e. The molecule has 0 spiro atoms. The molecule has 84 valence electrons. The third kappa shape index (κ3) is 2.54. The van der Waals surface area contributed by atoms with Crippen molar-refractivity contribution < 1.29 is 9.90 Å². The number of hydrogen-bond donors (Lipinski definition) is 2. The number of imidazole rings is 1. The van der Waals surface area contributed by atoms with Crippen LogP contribution in [-0.2, 0) is 6.54 Å². The Morgan fingerprint density at radius 1 is 1.56 bits per heavy atom. The summed E-state index contributed by atoms with van der Waals surface area (Å²) in [5, 5.41) is 12.5. The van der Waals surface area contributed by atoms with Crippen LogP contribution < -0.4 is 5.32 Å². The van der Waals surface area contributed by atoms with Crippen LogP contribution in [0.25, 0.3) is 0 Å². The van der Waals surface area contributed by atoms with E-state index in [1.54, 1.807) is 4.57 Å². The third-order valence-electron chi connectivity index (χ3n) is 1.86. The van der Waals surface area contributed by atoms with Crippen LogP contribution in [0.15, 0.2) is 18.9 Å². The summed E-state index contributed by atoms with van der Waals surface area (Å²) in [6.07, 6.45) is 4.46. The quantitative estimate of drug-likeness (QED) is 0.791. The maximum atomic E-state index is 10.6. The number of aromatic nitrogens is 4. The van der Waals surface area contributed by atoms with Gasteiger partial charge in [-0.1, -0.05) is 0 Å². The SMILES string of the molecule is O=C(O)c1cn(CCNc2ncns2)cn1. The number of rotatable bonds is 5. The summed E-state index contributed by atoms with van der Waals surface area (Å²) in [4.78, 5) is 18.3. The minimum Gasteiger partial charge on any atom is -0.476 e. The average molecular weight is 239 g/mol. The van der Waals surface area contributed by atoms with Crippen molar-refractivity contribution in [2.75, 3.05) is 11.9 Å². The zero-order chi connectivity index (χ0) is 11.4. The first kappa shape index (κ1) is 10.6. The lowest BCUT2D eigenvalue weighted by Gasteiger charge is -2.02. The van der Waals surface area contributed by atoms with E-state index < -0.39 is 5.97 Å². The van der Waals surface area contributed by atoms with Crippen LogP contribution >= 0.6 is 11.5 Å². The minimum absolute atomic E-state index is 0.0518. The number of carboxylic acids is 1. The Hall–Kier alpha value is -1.96. The van der Waals surface area contributed by atoms with Gasteiger partial charge in [0.15, 0.2) is 5.69 Å². The molecule has 7 nitrogen and oxygen atoms in total. The monoisotopic (exact) mass is 239 g/mol.